The number of benzene rings is 2. The highest BCUT2D eigenvalue weighted by Gasteiger charge is 2.48. The van der Waals surface area contributed by atoms with Gasteiger partial charge >= 0.3 is 0 Å². The van der Waals surface area contributed by atoms with Crippen LogP contribution in [0.1, 0.15) is 45.3 Å². The van der Waals surface area contributed by atoms with Crippen LogP contribution in [0.4, 0.5) is 0 Å². The summed E-state index contributed by atoms with van der Waals surface area (Å²) in [5.41, 5.74) is 3.15. The number of carbonyl (C=O) groups excluding carboxylic acids is 1. The van der Waals surface area contributed by atoms with Gasteiger partial charge in [0.15, 0.2) is 15.3 Å². The highest BCUT2D eigenvalue weighted by Crippen LogP contribution is 2.41. The maximum Gasteiger partial charge on any atom is 0.291 e. The monoisotopic (exact) mass is 469 g/mol. The molecule has 2 aromatic carbocycles. The van der Waals surface area contributed by atoms with Crippen molar-refractivity contribution in [2.24, 2.45) is 0 Å². The van der Waals surface area contributed by atoms with Gasteiger partial charge in [-0.25, -0.2) is 8.42 Å². The predicted molar refractivity (Wildman–Crippen MR) is 125 cm³/mol. The molecule has 0 bridgehead atoms. The molecule has 1 saturated heterocycles. The lowest BCUT2D eigenvalue weighted by atomic mass is 9.97. The Hall–Kier alpha value is -2.58. The van der Waals surface area contributed by atoms with Crippen LogP contribution in [0.15, 0.2) is 50.5 Å². The summed E-state index contributed by atoms with van der Waals surface area (Å²) in [5, 5.41) is 0.436. The number of rotatable bonds is 3. The molecule has 1 aromatic heterocycles. The normalized spacial score (nSPS) is 22.0. The van der Waals surface area contributed by atoms with Crippen molar-refractivity contribution in [3.63, 3.8) is 0 Å². The summed E-state index contributed by atoms with van der Waals surface area (Å²) < 4.78 is 30.4. The van der Waals surface area contributed by atoms with Gasteiger partial charge in [0, 0.05) is 10.9 Å². The molecule has 166 valence electrons. The summed E-state index contributed by atoms with van der Waals surface area (Å²) >= 11 is 1.60. The fourth-order valence-electron chi connectivity index (χ4n) is 4.73. The van der Waals surface area contributed by atoms with Crippen molar-refractivity contribution in [1.29, 1.82) is 0 Å². The Kier molecular flexibility index (Phi) is 4.98. The van der Waals surface area contributed by atoms with Crippen molar-refractivity contribution in [3.8, 4) is 0 Å². The Morgan fingerprint density at radius 2 is 1.75 bits per heavy atom. The quantitative estimate of drug-likeness (QED) is 0.542. The maximum atomic E-state index is 13.7. The van der Waals surface area contributed by atoms with Crippen LogP contribution in [-0.2, 0) is 9.84 Å². The molecule has 32 heavy (non-hydrogen) atoms. The number of hydrogen-bond acceptors (Lipinski definition) is 6. The molecule has 0 spiro atoms. The Morgan fingerprint density at radius 1 is 1.06 bits per heavy atom. The van der Waals surface area contributed by atoms with E-state index in [4.69, 9.17) is 4.42 Å². The van der Waals surface area contributed by atoms with Gasteiger partial charge in [0.25, 0.3) is 5.91 Å². The lowest BCUT2D eigenvalue weighted by Crippen LogP contribution is -2.40. The van der Waals surface area contributed by atoms with E-state index in [-0.39, 0.29) is 22.7 Å². The van der Waals surface area contributed by atoms with E-state index in [1.54, 1.807) is 28.8 Å². The van der Waals surface area contributed by atoms with Crippen molar-refractivity contribution >= 4 is 38.5 Å². The highest BCUT2D eigenvalue weighted by atomic mass is 32.2. The van der Waals surface area contributed by atoms with Crippen molar-refractivity contribution in [1.82, 2.24) is 4.90 Å². The number of aryl methyl sites for hydroxylation is 2. The molecule has 2 unspecified atom stereocenters. The van der Waals surface area contributed by atoms with Gasteiger partial charge in [0.2, 0.25) is 5.76 Å². The molecule has 2 aliphatic heterocycles. The molecule has 3 aromatic rings. The third kappa shape index (κ3) is 3.28. The summed E-state index contributed by atoms with van der Waals surface area (Å²) in [6.45, 7) is 3.86. The van der Waals surface area contributed by atoms with Gasteiger partial charge in [-0.05, 0) is 67.5 Å². The first-order valence-corrected chi connectivity index (χ1v) is 13.5. The molecule has 2 aliphatic rings. The summed E-state index contributed by atoms with van der Waals surface area (Å²) in [6, 6.07) is 10.1. The zero-order valence-corrected chi connectivity index (χ0v) is 19.7. The summed E-state index contributed by atoms with van der Waals surface area (Å²) in [5.74, 6) is -0.456. The Bertz CT molecular complexity index is 1420. The van der Waals surface area contributed by atoms with E-state index in [0.717, 1.165) is 21.6 Å². The predicted octanol–water partition coefficient (Wildman–Crippen LogP) is 3.86. The van der Waals surface area contributed by atoms with E-state index in [0.29, 0.717) is 23.0 Å². The zero-order valence-electron chi connectivity index (χ0n) is 18.0. The number of amides is 1. The van der Waals surface area contributed by atoms with E-state index in [1.165, 1.54) is 0 Å². The van der Waals surface area contributed by atoms with Gasteiger partial charge in [0.05, 0.1) is 28.5 Å². The number of carbonyl (C=O) groups is 1. The van der Waals surface area contributed by atoms with Crippen LogP contribution < -0.4 is 5.43 Å². The van der Waals surface area contributed by atoms with Crippen molar-refractivity contribution in [2.75, 3.05) is 17.8 Å². The number of sulfone groups is 1. The molecule has 0 aliphatic carbocycles. The molecule has 6 nitrogen and oxygen atoms in total. The van der Waals surface area contributed by atoms with Crippen LogP contribution >= 0.6 is 11.8 Å². The number of thioether (sulfide) groups is 1. The average molecular weight is 470 g/mol. The summed E-state index contributed by atoms with van der Waals surface area (Å²) in [4.78, 5) is 29.8. The van der Waals surface area contributed by atoms with Crippen LogP contribution in [0.2, 0.25) is 0 Å². The van der Waals surface area contributed by atoms with Gasteiger partial charge in [-0.2, -0.15) is 0 Å². The molecule has 5 rings (SSSR count). The summed E-state index contributed by atoms with van der Waals surface area (Å²) in [7, 11) is -3.23. The number of nitrogens with zero attached hydrogens (tertiary/aromatic N) is 1. The second kappa shape index (κ2) is 7.49. The molecular formula is C24H23NO5S2. The number of fused-ring (bicyclic) bond motifs is 2. The van der Waals surface area contributed by atoms with Crippen molar-refractivity contribution in [3.05, 3.63) is 74.6 Å². The fourth-order valence-corrected chi connectivity index (χ4v) is 6.85. The minimum atomic E-state index is -3.23. The average Bonchev–Trinajstić information content (AvgIpc) is 3.26. The lowest BCUT2D eigenvalue weighted by Gasteiger charge is -2.30. The Morgan fingerprint density at radius 3 is 2.38 bits per heavy atom. The Labute approximate surface area is 190 Å². The van der Waals surface area contributed by atoms with Crippen molar-refractivity contribution in [2.45, 2.75) is 37.2 Å². The zero-order chi connectivity index (χ0) is 22.8. The fraction of sp³-hybridized carbons (Fsp3) is 0.333. The lowest BCUT2D eigenvalue weighted by molar-refractivity contribution is 0.0662. The molecule has 0 saturated carbocycles. The molecule has 8 heteroatoms. The number of hydrogen-bond donors (Lipinski definition) is 0. The second-order valence-electron chi connectivity index (χ2n) is 8.55. The first kappa shape index (κ1) is 21.3. The first-order valence-electron chi connectivity index (χ1n) is 10.4. The largest absolute Gasteiger partial charge is 0.450 e. The van der Waals surface area contributed by atoms with E-state index < -0.39 is 27.8 Å². The van der Waals surface area contributed by atoms with E-state index >= 15 is 0 Å². The topological polar surface area (TPSA) is 84.7 Å². The molecule has 1 fully saturated rings. The molecule has 0 N–H and O–H groups in total. The van der Waals surface area contributed by atoms with Crippen molar-refractivity contribution < 1.29 is 17.6 Å². The smallest absolute Gasteiger partial charge is 0.291 e. The molecule has 0 radical (unpaired) electrons. The van der Waals surface area contributed by atoms with Crippen LogP contribution in [0.5, 0.6) is 0 Å². The van der Waals surface area contributed by atoms with Gasteiger partial charge in [0.1, 0.15) is 5.58 Å². The van der Waals surface area contributed by atoms with Gasteiger partial charge < -0.3 is 9.32 Å². The van der Waals surface area contributed by atoms with Gasteiger partial charge in [-0.15, -0.1) is 11.8 Å². The van der Waals surface area contributed by atoms with Crippen LogP contribution in [0.25, 0.3) is 11.0 Å². The highest BCUT2D eigenvalue weighted by molar-refractivity contribution is 7.98. The molecule has 3 heterocycles. The minimum Gasteiger partial charge on any atom is -0.450 e. The van der Waals surface area contributed by atoms with Crippen LogP contribution in [0.3, 0.4) is 0 Å². The third-order valence-electron chi connectivity index (χ3n) is 6.56. The second-order valence-corrected chi connectivity index (χ2v) is 11.7. The van der Waals surface area contributed by atoms with E-state index in [9.17, 15) is 18.0 Å². The SMILES string of the molecule is CSc1ccc(C2c3c(oc4cc(C)c(C)cc4c3=O)C(=O)N2C2CCS(=O)(=O)C2)cc1. The molecule has 2 atom stereocenters. The van der Waals surface area contributed by atoms with Crippen LogP contribution in [-0.4, -0.2) is 43.0 Å². The third-order valence-corrected chi connectivity index (χ3v) is 9.05. The van der Waals surface area contributed by atoms with Gasteiger partial charge in [-0.1, -0.05) is 12.1 Å². The minimum absolute atomic E-state index is 0.0222. The Balaban J connectivity index is 1.76. The molecule has 1 amide bonds. The van der Waals surface area contributed by atoms with E-state index in [1.807, 2.05) is 44.4 Å². The standard InChI is InChI=1S/C24H23NO5S2/c1-13-10-18-19(11-14(13)2)30-23-20(22(18)26)21(15-4-6-17(31-3)7-5-15)25(24(23)27)16-8-9-32(28,29)12-16/h4-7,10-11,16,21H,8-9,12H2,1-3H3. The maximum absolute atomic E-state index is 13.7. The van der Waals surface area contributed by atoms with E-state index in [2.05, 4.69) is 0 Å². The van der Waals surface area contributed by atoms with Gasteiger partial charge in [-0.3, -0.25) is 9.59 Å². The summed E-state index contributed by atoms with van der Waals surface area (Å²) in [6.07, 6.45) is 2.33. The molecular weight excluding hydrogens is 446 g/mol. The van der Waals surface area contributed by atoms with Crippen LogP contribution in [0, 0.1) is 13.8 Å². The first-order chi connectivity index (χ1) is 15.2.